The molecule has 0 saturated heterocycles. The van der Waals surface area contributed by atoms with Crippen LogP contribution < -0.4 is 5.32 Å². The van der Waals surface area contributed by atoms with Gasteiger partial charge in [0.1, 0.15) is 11.4 Å². The first-order chi connectivity index (χ1) is 8.56. The maximum absolute atomic E-state index is 11.7. The number of nitrogens with zero attached hydrogens (tertiary/aromatic N) is 1. The summed E-state index contributed by atoms with van der Waals surface area (Å²) in [6.07, 6.45) is 2.93. The molecule has 0 fully saturated rings. The highest BCUT2D eigenvalue weighted by molar-refractivity contribution is 9.10. The number of aromatic nitrogens is 2. The number of carbonyl (C=O) groups is 2. The van der Waals surface area contributed by atoms with Crippen LogP contribution in [0.5, 0.6) is 0 Å². The minimum Gasteiger partial charge on any atom is -0.477 e. The average Bonchev–Trinajstić information content (AvgIpc) is 2.76. The van der Waals surface area contributed by atoms with E-state index in [0.717, 1.165) is 4.47 Å². The van der Waals surface area contributed by atoms with E-state index in [1.165, 1.54) is 18.3 Å². The number of anilines is 1. The van der Waals surface area contributed by atoms with E-state index >= 15 is 0 Å². The van der Waals surface area contributed by atoms with Crippen LogP contribution >= 0.6 is 15.9 Å². The molecule has 0 aliphatic heterocycles. The van der Waals surface area contributed by atoms with Crippen LogP contribution in [0.25, 0.3) is 0 Å². The predicted molar refractivity (Wildman–Crippen MR) is 67.6 cm³/mol. The SMILES string of the molecule is O=C(O)c1ccc(NC(=O)c2cc(Br)c[nH]2)cn1. The summed E-state index contributed by atoms with van der Waals surface area (Å²) in [5, 5.41) is 11.3. The Bertz CT molecular complexity index is 592. The second-order valence-electron chi connectivity index (χ2n) is 3.42. The first-order valence-corrected chi connectivity index (χ1v) is 5.70. The molecule has 0 bridgehead atoms. The van der Waals surface area contributed by atoms with Gasteiger partial charge in [0.25, 0.3) is 5.91 Å². The van der Waals surface area contributed by atoms with Gasteiger partial charge in [-0.3, -0.25) is 4.79 Å². The molecule has 7 heteroatoms. The molecule has 0 unspecified atom stereocenters. The Morgan fingerprint density at radius 2 is 2.17 bits per heavy atom. The van der Waals surface area contributed by atoms with E-state index in [1.807, 2.05) is 0 Å². The van der Waals surface area contributed by atoms with E-state index in [9.17, 15) is 9.59 Å². The number of hydrogen-bond donors (Lipinski definition) is 3. The van der Waals surface area contributed by atoms with Gasteiger partial charge in [0.05, 0.1) is 11.9 Å². The quantitative estimate of drug-likeness (QED) is 0.809. The number of pyridine rings is 1. The first kappa shape index (κ1) is 12.3. The van der Waals surface area contributed by atoms with E-state index in [1.54, 1.807) is 12.3 Å². The summed E-state index contributed by atoms with van der Waals surface area (Å²) in [6.45, 7) is 0. The smallest absolute Gasteiger partial charge is 0.354 e. The highest BCUT2D eigenvalue weighted by Crippen LogP contribution is 2.13. The van der Waals surface area contributed by atoms with Gasteiger partial charge in [0.15, 0.2) is 0 Å². The zero-order valence-electron chi connectivity index (χ0n) is 8.98. The zero-order valence-corrected chi connectivity index (χ0v) is 10.6. The molecular formula is C11H8BrN3O3. The second-order valence-corrected chi connectivity index (χ2v) is 4.34. The molecule has 2 aromatic heterocycles. The van der Waals surface area contributed by atoms with Crippen LogP contribution in [0.2, 0.25) is 0 Å². The van der Waals surface area contributed by atoms with Gasteiger partial charge in [-0.05, 0) is 34.1 Å². The lowest BCUT2D eigenvalue weighted by Gasteiger charge is -2.03. The van der Waals surface area contributed by atoms with Crippen molar-refractivity contribution in [3.8, 4) is 0 Å². The van der Waals surface area contributed by atoms with Crippen molar-refractivity contribution in [2.24, 2.45) is 0 Å². The van der Waals surface area contributed by atoms with Crippen molar-refractivity contribution in [1.82, 2.24) is 9.97 Å². The molecule has 0 radical (unpaired) electrons. The predicted octanol–water partition coefficient (Wildman–Crippen LogP) is 2.12. The highest BCUT2D eigenvalue weighted by Gasteiger charge is 2.09. The molecule has 0 aliphatic rings. The summed E-state index contributed by atoms with van der Waals surface area (Å²) in [5.41, 5.74) is 0.746. The number of aromatic carboxylic acids is 1. The normalized spacial score (nSPS) is 10.1. The van der Waals surface area contributed by atoms with Crippen LogP contribution in [0, 0.1) is 0 Å². The number of carboxylic acids is 1. The minimum atomic E-state index is -1.11. The fourth-order valence-corrected chi connectivity index (χ4v) is 1.64. The lowest BCUT2D eigenvalue weighted by molar-refractivity contribution is 0.0690. The van der Waals surface area contributed by atoms with Crippen LogP contribution in [-0.2, 0) is 0 Å². The highest BCUT2D eigenvalue weighted by atomic mass is 79.9. The Hall–Kier alpha value is -2.15. The number of nitrogens with one attached hydrogen (secondary N) is 2. The molecule has 2 aromatic rings. The number of amides is 1. The van der Waals surface area contributed by atoms with Crippen LogP contribution in [0.1, 0.15) is 21.0 Å². The number of H-pyrrole nitrogens is 1. The molecule has 1 amide bonds. The Labute approximate surface area is 110 Å². The number of halogens is 1. The Balaban J connectivity index is 2.10. The maximum atomic E-state index is 11.7. The molecule has 0 aromatic carbocycles. The standard InChI is InChI=1S/C11H8BrN3O3/c12-6-3-9(13-4-6)10(16)15-7-1-2-8(11(17)18)14-5-7/h1-5,13H,(H,15,16)(H,17,18). The Morgan fingerprint density at radius 1 is 1.39 bits per heavy atom. The third kappa shape index (κ3) is 2.75. The van der Waals surface area contributed by atoms with Gasteiger partial charge in [-0.25, -0.2) is 9.78 Å². The summed E-state index contributed by atoms with van der Waals surface area (Å²) in [5.74, 6) is -1.44. The summed E-state index contributed by atoms with van der Waals surface area (Å²) in [7, 11) is 0. The maximum Gasteiger partial charge on any atom is 0.354 e. The van der Waals surface area contributed by atoms with Crippen LogP contribution in [0.3, 0.4) is 0 Å². The Morgan fingerprint density at radius 3 is 2.67 bits per heavy atom. The number of carboxylic acid groups (broad SMARTS) is 1. The monoisotopic (exact) mass is 309 g/mol. The van der Waals surface area contributed by atoms with Gasteiger partial charge in [0.2, 0.25) is 0 Å². The van der Waals surface area contributed by atoms with Gasteiger partial charge in [-0.15, -0.1) is 0 Å². The topological polar surface area (TPSA) is 95.1 Å². The molecule has 0 atom stereocenters. The lowest BCUT2D eigenvalue weighted by atomic mass is 10.3. The molecule has 18 heavy (non-hydrogen) atoms. The second kappa shape index (κ2) is 5.01. The van der Waals surface area contributed by atoms with Crippen molar-refractivity contribution in [2.45, 2.75) is 0 Å². The number of hydrogen-bond acceptors (Lipinski definition) is 3. The first-order valence-electron chi connectivity index (χ1n) is 4.91. The molecule has 0 saturated carbocycles. The number of carbonyl (C=O) groups excluding carboxylic acids is 1. The van der Waals surface area contributed by atoms with Gasteiger partial charge < -0.3 is 15.4 Å². The number of rotatable bonds is 3. The number of aromatic amines is 1. The fraction of sp³-hybridized carbons (Fsp3) is 0. The molecule has 6 nitrogen and oxygen atoms in total. The summed E-state index contributed by atoms with van der Waals surface area (Å²) >= 11 is 3.22. The van der Waals surface area contributed by atoms with Crippen molar-refractivity contribution in [3.05, 3.63) is 46.5 Å². The third-order valence-corrected chi connectivity index (χ3v) is 2.59. The van der Waals surface area contributed by atoms with Crippen LogP contribution in [-0.4, -0.2) is 27.0 Å². The molecular weight excluding hydrogens is 302 g/mol. The summed E-state index contributed by atoms with van der Waals surface area (Å²) in [4.78, 5) is 28.8. The third-order valence-electron chi connectivity index (χ3n) is 2.13. The van der Waals surface area contributed by atoms with Gasteiger partial charge >= 0.3 is 5.97 Å². The molecule has 2 rings (SSSR count). The van der Waals surface area contributed by atoms with E-state index in [-0.39, 0.29) is 11.6 Å². The largest absolute Gasteiger partial charge is 0.477 e. The van der Waals surface area contributed by atoms with Crippen molar-refractivity contribution in [1.29, 1.82) is 0 Å². The molecule has 3 N–H and O–H groups in total. The Kier molecular flexibility index (Phi) is 3.42. The average molecular weight is 310 g/mol. The molecule has 0 spiro atoms. The molecule has 0 aliphatic carbocycles. The van der Waals surface area contributed by atoms with Crippen molar-refractivity contribution in [3.63, 3.8) is 0 Å². The van der Waals surface area contributed by atoms with Gasteiger partial charge in [-0.2, -0.15) is 0 Å². The lowest BCUT2D eigenvalue weighted by Crippen LogP contribution is -2.12. The van der Waals surface area contributed by atoms with E-state index in [0.29, 0.717) is 11.4 Å². The van der Waals surface area contributed by atoms with Gasteiger partial charge in [0, 0.05) is 10.7 Å². The fourth-order valence-electron chi connectivity index (χ4n) is 1.29. The van der Waals surface area contributed by atoms with Crippen molar-refractivity contribution in [2.75, 3.05) is 5.32 Å². The van der Waals surface area contributed by atoms with Crippen molar-refractivity contribution >= 4 is 33.5 Å². The molecule has 2 heterocycles. The molecule has 92 valence electrons. The summed E-state index contributed by atoms with van der Waals surface area (Å²) < 4.78 is 0.770. The van der Waals surface area contributed by atoms with Crippen LogP contribution in [0.4, 0.5) is 5.69 Å². The van der Waals surface area contributed by atoms with Gasteiger partial charge in [-0.1, -0.05) is 0 Å². The minimum absolute atomic E-state index is 0.0735. The van der Waals surface area contributed by atoms with Crippen LogP contribution in [0.15, 0.2) is 35.1 Å². The van der Waals surface area contributed by atoms with E-state index in [2.05, 4.69) is 31.2 Å². The van der Waals surface area contributed by atoms with Crippen molar-refractivity contribution < 1.29 is 14.7 Å². The van der Waals surface area contributed by atoms with E-state index in [4.69, 9.17) is 5.11 Å². The van der Waals surface area contributed by atoms with E-state index < -0.39 is 5.97 Å². The zero-order chi connectivity index (χ0) is 13.1. The summed E-state index contributed by atoms with van der Waals surface area (Å²) in [6, 6.07) is 4.43.